The highest BCUT2D eigenvalue weighted by atomic mass is 16.4. The zero-order valence-corrected chi connectivity index (χ0v) is 12.6. The summed E-state index contributed by atoms with van der Waals surface area (Å²) in [5.74, 6) is 0. The predicted octanol–water partition coefficient (Wildman–Crippen LogP) is 4.35. The number of rotatable bonds is 2. The van der Waals surface area contributed by atoms with Gasteiger partial charge in [-0.2, -0.15) is 0 Å². The van der Waals surface area contributed by atoms with Crippen molar-refractivity contribution in [3.05, 3.63) is 34.4 Å². The first-order chi connectivity index (χ1) is 8.94. The molecule has 1 aliphatic carbocycles. The van der Waals surface area contributed by atoms with Crippen molar-refractivity contribution in [1.29, 1.82) is 0 Å². The Balaban J connectivity index is 2.50. The lowest BCUT2D eigenvalue weighted by atomic mass is 9.81. The summed E-state index contributed by atoms with van der Waals surface area (Å²) >= 11 is 0. The standard InChI is InChI=1S/C17H25NO/c1-5-13-9-12(11-17(2,3)4)10-15-14(13)7-6-8-16(15)18-19/h9-10,19H,5-8,11H2,1-4H3/b18-16+. The highest BCUT2D eigenvalue weighted by Gasteiger charge is 2.21. The van der Waals surface area contributed by atoms with E-state index in [-0.39, 0.29) is 5.41 Å². The van der Waals surface area contributed by atoms with E-state index in [1.54, 1.807) is 0 Å². The third-order valence-electron chi connectivity index (χ3n) is 3.79. The van der Waals surface area contributed by atoms with Gasteiger partial charge < -0.3 is 5.21 Å². The smallest absolute Gasteiger partial charge is 0.0870 e. The molecule has 1 aromatic rings. The molecular weight excluding hydrogens is 234 g/mol. The molecule has 0 bridgehead atoms. The van der Waals surface area contributed by atoms with Crippen molar-refractivity contribution >= 4 is 5.71 Å². The number of hydrogen-bond acceptors (Lipinski definition) is 2. The molecule has 0 radical (unpaired) electrons. The van der Waals surface area contributed by atoms with E-state index in [0.717, 1.165) is 37.8 Å². The van der Waals surface area contributed by atoms with E-state index < -0.39 is 0 Å². The number of oxime groups is 1. The Morgan fingerprint density at radius 3 is 2.53 bits per heavy atom. The second-order valence-electron chi connectivity index (χ2n) is 6.77. The lowest BCUT2D eigenvalue weighted by molar-refractivity contribution is 0.317. The van der Waals surface area contributed by atoms with E-state index in [2.05, 4.69) is 45.0 Å². The minimum atomic E-state index is 0.282. The van der Waals surface area contributed by atoms with Gasteiger partial charge in [-0.15, -0.1) is 0 Å². The molecule has 19 heavy (non-hydrogen) atoms. The van der Waals surface area contributed by atoms with Gasteiger partial charge in [0.05, 0.1) is 5.71 Å². The maximum Gasteiger partial charge on any atom is 0.0870 e. The minimum absolute atomic E-state index is 0.282. The molecule has 1 N–H and O–H groups in total. The van der Waals surface area contributed by atoms with E-state index in [1.807, 2.05) is 0 Å². The van der Waals surface area contributed by atoms with Crippen molar-refractivity contribution in [2.75, 3.05) is 0 Å². The molecule has 1 aromatic carbocycles. The zero-order valence-electron chi connectivity index (χ0n) is 12.6. The quantitative estimate of drug-likeness (QED) is 0.621. The summed E-state index contributed by atoms with van der Waals surface area (Å²) in [4.78, 5) is 0. The van der Waals surface area contributed by atoms with Gasteiger partial charge in [-0.3, -0.25) is 0 Å². The second kappa shape index (κ2) is 5.36. The van der Waals surface area contributed by atoms with E-state index in [1.165, 1.54) is 22.3 Å². The molecule has 0 atom stereocenters. The minimum Gasteiger partial charge on any atom is -0.411 e. The Bertz CT molecular complexity index is 495. The molecule has 0 aliphatic heterocycles. The normalized spacial score (nSPS) is 17.6. The Morgan fingerprint density at radius 1 is 1.21 bits per heavy atom. The lowest BCUT2D eigenvalue weighted by Gasteiger charge is -2.24. The van der Waals surface area contributed by atoms with Gasteiger partial charge in [-0.1, -0.05) is 38.9 Å². The van der Waals surface area contributed by atoms with E-state index in [0.29, 0.717) is 0 Å². The van der Waals surface area contributed by atoms with Crippen LogP contribution in [0.1, 0.15) is 62.8 Å². The molecule has 1 aliphatic rings. The van der Waals surface area contributed by atoms with Crippen molar-refractivity contribution in [2.24, 2.45) is 10.6 Å². The molecule has 0 unspecified atom stereocenters. The fourth-order valence-corrected chi connectivity index (χ4v) is 3.05. The Labute approximate surface area is 116 Å². The molecule has 0 saturated heterocycles. The average Bonchev–Trinajstić information content (AvgIpc) is 2.35. The number of nitrogens with zero attached hydrogens (tertiary/aromatic N) is 1. The van der Waals surface area contributed by atoms with Crippen LogP contribution < -0.4 is 0 Å². The molecule has 0 spiro atoms. The van der Waals surface area contributed by atoms with Gasteiger partial charge in [-0.25, -0.2) is 0 Å². The monoisotopic (exact) mass is 259 g/mol. The van der Waals surface area contributed by atoms with Crippen LogP contribution in [-0.2, 0) is 19.3 Å². The SMILES string of the molecule is CCc1cc(CC(C)(C)C)cc2c1CCC/C2=N\O. The van der Waals surface area contributed by atoms with Crippen LogP contribution in [0.25, 0.3) is 0 Å². The van der Waals surface area contributed by atoms with Crippen LogP contribution in [0, 0.1) is 5.41 Å². The van der Waals surface area contributed by atoms with E-state index >= 15 is 0 Å². The van der Waals surface area contributed by atoms with Crippen LogP contribution in [0.15, 0.2) is 17.3 Å². The van der Waals surface area contributed by atoms with Crippen molar-refractivity contribution in [3.8, 4) is 0 Å². The van der Waals surface area contributed by atoms with Crippen molar-refractivity contribution in [1.82, 2.24) is 0 Å². The molecule has 2 heteroatoms. The highest BCUT2D eigenvalue weighted by Crippen LogP contribution is 2.30. The molecular formula is C17H25NO. The average molecular weight is 259 g/mol. The fourth-order valence-electron chi connectivity index (χ4n) is 3.05. The first kappa shape index (κ1) is 14.1. The molecule has 0 fully saturated rings. The summed E-state index contributed by atoms with van der Waals surface area (Å²) < 4.78 is 0. The summed E-state index contributed by atoms with van der Waals surface area (Å²) in [7, 11) is 0. The van der Waals surface area contributed by atoms with Crippen molar-refractivity contribution in [3.63, 3.8) is 0 Å². The molecule has 0 heterocycles. The van der Waals surface area contributed by atoms with Gasteiger partial charge in [0.15, 0.2) is 0 Å². The Hall–Kier alpha value is -1.31. The largest absolute Gasteiger partial charge is 0.411 e. The number of benzene rings is 1. The van der Waals surface area contributed by atoms with Crippen LogP contribution >= 0.6 is 0 Å². The summed E-state index contributed by atoms with van der Waals surface area (Å²) in [6, 6.07) is 4.60. The van der Waals surface area contributed by atoms with Gasteiger partial charge in [0.2, 0.25) is 0 Å². The van der Waals surface area contributed by atoms with Crippen LogP contribution in [-0.4, -0.2) is 10.9 Å². The maximum atomic E-state index is 9.21. The summed E-state index contributed by atoms with van der Waals surface area (Å²) in [5, 5.41) is 12.7. The fraction of sp³-hybridized carbons (Fsp3) is 0.588. The van der Waals surface area contributed by atoms with Crippen molar-refractivity contribution < 1.29 is 5.21 Å². The van der Waals surface area contributed by atoms with Gasteiger partial charge in [0, 0.05) is 5.56 Å². The van der Waals surface area contributed by atoms with E-state index in [9.17, 15) is 5.21 Å². The van der Waals surface area contributed by atoms with Crippen LogP contribution in [0.4, 0.5) is 0 Å². The third kappa shape index (κ3) is 3.17. The predicted molar refractivity (Wildman–Crippen MR) is 80.2 cm³/mol. The Kier molecular flexibility index (Phi) is 3.98. The molecule has 2 nitrogen and oxygen atoms in total. The first-order valence-electron chi connectivity index (χ1n) is 7.30. The summed E-state index contributed by atoms with van der Waals surface area (Å²) in [6.45, 7) is 9.00. The highest BCUT2D eigenvalue weighted by molar-refractivity contribution is 6.02. The first-order valence-corrected chi connectivity index (χ1v) is 7.30. The second-order valence-corrected chi connectivity index (χ2v) is 6.77. The van der Waals surface area contributed by atoms with Gasteiger partial charge in [-0.05, 0) is 60.3 Å². The zero-order chi connectivity index (χ0) is 14.0. The molecule has 0 aromatic heterocycles. The topological polar surface area (TPSA) is 32.6 Å². The molecule has 104 valence electrons. The van der Waals surface area contributed by atoms with Crippen LogP contribution in [0.3, 0.4) is 0 Å². The van der Waals surface area contributed by atoms with E-state index in [4.69, 9.17) is 0 Å². The van der Waals surface area contributed by atoms with Crippen LogP contribution in [0.5, 0.6) is 0 Å². The lowest BCUT2D eigenvalue weighted by Crippen LogP contribution is -2.17. The third-order valence-corrected chi connectivity index (χ3v) is 3.79. The molecule has 0 amide bonds. The maximum absolute atomic E-state index is 9.21. The van der Waals surface area contributed by atoms with Gasteiger partial charge in [0.25, 0.3) is 0 Å². The molecule has 0 saturated carbocycles. The number of hydrogen-bond donors (Lipinski definition) is 1. The van der Waals surface area contributed by atoms with Gasteiger partial charge in [0.1, 0.15) is 0 Å². The van der Waals surface area contributed by atoms with Crippen molar-refractivity contribution in [2.45, 2.75) is 59.8 Å². The number of fused-ring (bicyclic) bond motifs is 1. The summed E-state index contributed by atoms with van der Waals surface area (Å²) in [6.07, 6.45) is 5.22. The Morgan fingerprint density at radius 2 is 1.95 bits per heavy atom. The van der Waals surface area contributed by atoms with Crippen LogP contribution in [0.2, 0.25) is 0 Å². The van der Waals surface area contributed by atoms with Gasteiger partial charge >= 0.3 is 0 Å². The number of aryl methyl sites for hydroxylation is 1. The molecule has 2 rings (SSSR count). The summed E-state index contributed by atoms with van der Waals surface area (Å²) in [5.41, 5.74) is 6.53.